The van der Waals surface area contributed by atoms with Crippen molar-refractivity contribution >= 4 is 0 Å². The van der Waals surface area contributed by atoms with Gasteiger partial charge in [0.15, 0.2) is 0 Å². The summed E-state index contributed by atoms with van der Waals surface area (Å²) in [6, 6.07) is 10.3. The molecule has 0 saturated carbocycles. The van der Waals surface area contributed by atoms with Gasteiger partial charge in [0.25, 0.3) is 0 Å². The van der Waals surface area contributed by atoms with Crippen molar-refractivity contribution in [2.24, 2.45) is 5.73 Å². The molecular weight excluding hydrogens is 260 g/mol. The number of hydrogen-bond donors (Lipinski definition) is 1. The van der Waals surface area contributed by atoms with Gasteiger partial charge in [-0.25, -0.2) is 0 Å². The molecule has 2 rings (SSSR count). The van der Waals surface area contributed by atoms with Crippen molar-refractivity contribution in [3.8, 4) is 0 Å². The van der Waals surface area contributed by atoms with Gasteiger partial charge < -0.3 is 5.73 Å². The lowest BCUT2D eigenvalue weighted by molar-refractivity contribution is 0.167. The van der Waals surface area contributed by atoms with Gasteiger partial charge in [-0.1, -0.05) is 26.0 Å². The van der Waals surface area contributed by atoms with E-state index in [0.717, 1.165) is 25.2 Å². The minimum absolute atomic E-state index is 0.0814. The van der Waals surface area contributed by atoms with Crippen LogP contribution in [0.5, 0.6) is 0 Å². The van der Waals surface area contributed by atoms with Gasteiger partial charge in [-0.2, -0.15) is 0 Å². The Hall–Kier alpha value is -1.78. The molecule has 2 heterocycles. The monoisotopic (exact) mass is 284 g/mol. The Kier molecular flexibility index (Phi) is 5.84. The maximum atomic E-state index is 6.39. The van der Waals surface area contributed by atoms with Gasteiger partial charge in [0.1, 0.15) is 0 Å². The maximum absolute atomic E-state index is 6.39. The molecule has 0 aliphatic rings. The second-order valence-corrected chi connectivity index (χ2v) is 5.19. The standard InChI is InChI=1S/C17H24N4/c1-3-16(18)17(14-8-7-10-19-12-14)21(4-2)13-15-9-5-6-11-20-15/h5-12,16-17H,3-4,13,18H2,1-2H3. The third-order valence-corrected chi connectivity index (χ3v) is 3.79. The highest BCUT2D eigenvalue weighted by Gasteiger charge is 2.25. The van der Waals surface area contributed by atoms with Crippen LogP contribution in [0.1, 0.15) is 37.6 Å². The first-order valence-corrected chi connectivity index (χ1v) is 7.55. The first-order chi connectivity index (χ1) is 10.3. The molecular formula is C17H24N4. The topological polar surface area (TPSA) is 55.0 Å². The summed E-state index contributed by atoms with van der Waals surface area (Å²) in [5.41, 5.74) is 8.63. The van der Waals surface area contributed by atoms with Gasteiger partial charge in [0.05, 0.1) is 11.7 Å². The smallest absolute Gasteiger partial charge is 0.0544 e. The molecule has 0 saturated heterocycles. The average molecular weight is 284 g/mol. The SMILES string of the molecule is CCC(N)C(c1cccnc1)N(CC)Cc1ccccn1. The average Bonchev–Trinajstić information content (AvgIpc) is 2.56. The van der Waals surface area contributed by atoms with Crippen LogP contribution in [0.25, 0.3) is 0 Å². The molecule has 4 nitrogen and oxygen atoms in total. The Morgan fingerprint density at radius 2 is 2.00 bits per heavy atom. The predicted molar refractivity (Wildman–Crippen MR) is 85.6 cm³/mol. The van der Waals surface area contributed by atoms with E-state index in [1.54, 1.807) is 6.20 Å². The molecule has 0 aliphatic heterocycles. The van der Waals surface area contributed by atoms with Crippen molar-refractivity contribution < 1.29 is 0 Å². The zero-order valence-electron chi connectivity index (χ0n) is 12.8. The quantitative estimate of drug-likeness (QED) is 0.849. The largest absolute Gasteiger partial charge is 0.326 e. The number of hydrogen-bond acceptors (Lipinski definition) is 4. The lowest BCUT2D eigenvalue weighted by Gasteiger charge is -2.34. The molecule has 0 amide bonds. The molecule has 0 fully saturated rings. The first-order valence-electron chi connectivity index (χ1n) is 7.55. The van der Waals surface area contributed by atoms with Crippen LogP contribution < -0.4 is 5.73 Å². The second-order valence-electron chi connectivity index (χ2n) is 5.19. The molecule has 0 aliphatic carbocycles. The molecule has 2 atom stereocenters. The van der Waals surface area contributed by atoms with Gasteiger partial charge in [-0.3, -0.25) is 14.9 Å². The molecule has 0 radical (unpaired) electrons. The van der Waals surface area contributed by atoms with E-state index in [4.69, 9.17) is 5.73 Å². The summed E-state index contributed by atoms with van der Waals surface area (Å²) in [5, 5.41) is 0. The van der Waals surface area contributed by atoms with Crippen molar-refractivity contribution in [1.29, 1.82) is 0 Å². The van der Waals surface area contributed by atoms with Crippen LogP contribution >= 0.6 is 0 Å². The summed E-state index contributed by atoms with van der Waals surface area (Å²) in [6.07, 6.45) is 6.48. The van der Waals surface area contributed by atoms with Gasteiger partial charge in [-0.15, -0.1) is 0 Å². The molecule has 2 unspecified atom stereocenters. The van der Waals surface area contributed by atoms with Crippen molar-refractivity contribution in [3.63, 3.8) is 0 Å². The minimum atomic E-state index is 0.0814. The normalized spacial score (nSPS) is 14.1. The molecule has 0 spiro atoms. The number of nitrogens with two attached hydrogens (primary N) is 1. The molecule has 2 N–H and O–H groups in total. The van der Waals surface area contributed by atoms with E-state index in [0.29, 0.717) is 0 Å². The summed E-state index contributed by atoms with van der Waals surface area (Å²) in [4.78, 5) is 11.0. The molecule has 0 bridgehead atoms. The van der Waals surface area contributed by atoms with Crippen molar-refractivity contribution in [1.82, 2.24) is 14.9 Å². The Labute approximate surface area is 127 Å². The van der Waals surface area contributed by atoms with Crippen LogP contribution in [0, 0.1) is 0 Å². The summed E-state index contributed by atoms with van der Waals surface area (Å²) in [7, 11) is 0. The number of aromatic nitrogens is 2. The van der Waals surface area contributed by atoms with Gasteiger partial charge in [0, 0.05) is 31.2 Å². The molecule has 2 aromatic rings. The number of nitrogens with zero attached hydrogens (tertiary/aromatic N) is 3. The highest BCUT2D eigenvalue weighted by molar-refractivity contribution is 5.17. The maximum Gasteiger partial charge on any atom is 0.0544 e. The first kappa shape index (κ1) is 15.6. The fraction of sp³-hybridized carbons (Fsp3) is 0.412. The van der Waals surface area contributed by atoms with E-state index < -0.39 is 0 Å². The molecule has 112 valence electrons. The number of likely N-dealkylation sites (N-methyl/N-ethyl adjacent to an activating group) is 1. The summed E-state index contributed by atoms with van der Waals surface area (Å²) in [6.45, 7) is 6.01. The molecule has 4 heteroatoms. The van der Waals surface area contributed by atoms with Crippen LogP contribution in [0.4, 0.5) is 0 Å². The minimum Gasteiger partial charge on any atom is -0.326 e. The van der Waals surface area contributed by atoms with Gasteiger partial charge in [0.2, 0.25) is 0 Å². The summed E-state index contributed by atoms with van der Waals surface area (Å²) in [5.74, 6) is 0. The summed E-state index contributed by atoms with van der Waals surface area (Å²) >= 11 is 0. The molecule has 21 heavy (non-hydrogen) atoms. The van der Waals surface area contributed by atoms with E-state index in [1.165, 1.54) is 5.56 Å². The van der Waals surface area contributed by atoms with E-state index >= 15 is 0 Å². The van der Waals surface area contributed by atoms with E-state index in [1.807, 2.05) is 30.6 Å². The van der Waals surface area contributed by atoms with E-state index in [9.17, 15) is 0 Å². The third-order valence-electron chi connectivity index (χ3n) is 3.79. The lowest BCUT2D eigenvalue weighted by atomic mass is 9.97. The van der Waals surface area contributed by atoms with Crippen molar-refractivity contribution in [2.75, 3.05) is 6.54 Å². The fourth-order valence-electron chi connectivity index (χ4n) is 2.61. The molecule has 0 aromatic carbocycles. The zero-order valence-corrected chi connectivity index (χ0v) is 12.8. The van der Waals surface area contributed by atoms with Gasteiger partial charge >= 0.3 is 0 Å². The summed E-state index contributed by atoms with van der Waals surface area (Å²) < 4.78 is 0. The number of rotatable bonds is 7. The highest BCUT2D eigenvalue weighted by Crippen LogP contribution is 2.25. The van der Waals surface area contributed by atoms with E-state index in [2.05, 4.69) is 40.8 Å². The Balaban J connectivity index is 2.25. The Bertz CT molecular complexity index is 515. The van der Waals surface area contributed by atoms with Crippen LogP contribution in [0.3, 0.4) is 0 Å². The second kappa shape index (κ2) is 7.86. The lowest BCUT2D eigenvalue weighted by Crippen LogP contribution is -2.40. The number of pyridine rings is 2. The van der Waals surface area contributed by atoms with Crippen LogP contribution in [0.2, 0.25) is 0 Å². The van der Waals surface area contributed by atoms with Crippen LogP contribution in [-0.4, -0.2) is 27.5 Å². The zero-order chi connectivity index (χ0) is 15.1. The molecule has 2 aromatic heterocycles. The third kappa shape index (κ3) is 4.09. The van der Waals surface area contributed by atoms with Crippen molar-refractivity contribution in [3.05, 3.63) is 60.2 Å². The van der Waals surface area contributed by atoms with E-state index in [-0.39, 0.29) is 12.1 Å². The Morgan fingerprint density at radius 3 is 2.57 bits per heavy atom. The van der Waals surface area contributed by atoms with Crippen molar-refractivity contribution in [2.45, 2.75) is 38.9 Å². The Morgan fingerprint density at radius 1 is 1.14 bits per heavy atom. The fourth-order valence-corrected chi connectivity index (χ4v) is 2.61. The van der Waals surface area contributed by atoms with Crippen LogP contribution in [-0.2, 0) is 6.54 Å². The van der Waals surface area contributed by atoms with Crippen LogP contribution in [0.15, 0.2) is 48.9 Å². The van der Waals surface area contributed by atoms with Gasteiger partial charge in [-0.05, 0) is 36.7 Å². The highest BCUT2D eigenvalue weighted by atomic mass is 15.2. The predicted octanol–water partition coefficient (Wildman–Crippen LogP) is 2.78.